The van der Waals surface area contributed by atoms with E-state index in [2.05, 4.69) is 62.5 Å². The predicted molar refractivity (Wildman–Crippen MR) is 378 cm³/mol. The molecule has 94 heavy (non-hydrogen) atoms. The third-order valence-corrected chi connectivity index (χ3v) is 14.5. The maximum Gasteiger partial charge on any atom is 0.271 e. The molecule has 0 saturated carbocycles. The summed E-state index contributed by atoms with van der Waals surface area (Å²) in [5.74, 6) is -0.806. The van der Waals surface area contributed by atoms with E-state index in [1.165, 1.54) is 0 Å². The molecule has 0 aliphatic carbocycles. The summed E-state index contributed by atoms with van der Waals surface area (Å²) in [6.45, 7) is 11.7. The second-order valence-electron chi connectivity index (χ2n) is 22.2. The van der Waals surface area contributed by atoms with Gasteiger partial charge in [-0.05, 0) is 196 Å². The number of hydrogen-bond donors (Lipinski definition) is 9. The molecule has 9 rings (SSSR count). The highest BCUT2D eigenvalue weighted by Gasteiger charge is 2.18. The van der Waals surface area contributed by atoms with E-state index in [9.17, 15) is 28.8 Å². The summed E-state index contributed by atoms with van der Waals surface area (Å²) in [6, 6.07) is 40.9. The molecule has 4 heterocycles. The summed E-state index contributed by atoms with van der Waals surface area (Å²) < 4.78 is 0. The number of nitrogens with two attached hydrogens (primary N) is 1. The van der Waals surface area contributed by atoms with Crippen molar-refractivity contribution in [1.82, 2.24) is 50.6 Å². The molecule has 9 aromatic rings. The second kappa shape index (κ2) is 33.6. The van der Waals surface area contributed by atoms with E-state index < -0.39 is 0 Å². The molecule has 0 aliphatic rings. The minimum atomic E-state index is -0.252. The Morgan fingerprint density at radius 3 is 1.03 bits per heavy atom. The third kappa shape index (κ3) is 19.6. The quantitative estimate of drug-likeness (QED) is 0.0321. The normalized spacial score (nSPS) is 10.2. The van der Waals surface area contributed by atoms with Gasteiger partial charge >= 0.3 is 0 Å². The molecule has 10 N–H and O–H groups in total. The first-order valence-electron chi connectivity index (χ1n) is 29.7. The summed E-state index contributed by atoms with van der Waals surface area (Å²) in [5, 5.41) is 24.8. The van der Waals surface area contributed by atoms with Crippen LogP contribution in [0.25, 0.3) is 0 Å². The zero-order chi connectivity index (χ0) is 68.9. The summed E-state index contributed by atoms with van der Waals surface area (Å²) in [5.41, 5.74) is 23.2. The van der Waals surface area contributed by atoms with Crippen LogP contribution in [0.15, 0.2) is 158 Å². The van der Waals surface area contributed by atoms with E-state index >= 15 is 0 Å². The Morgan fingerprint density at radius 2 is 0.702 bits per heavy atom. The highest BCUT2D eigenvalue weighted by molar-refractivity contribution is 6.29. The number of benzene rings is 5. The number of rotatable bonds is 16. The van der Waals surface area contributed by atoms with E-state index in [1.54, 1.807) is 151 Å². The van der Waals surface area contributed by atoms with E-state index in [4.69, 9.17) is 17.3 Å². The Labute approximate surface area is 554 Å². The molecule has 0 unspecified atom stereocenters. The van der Waals surface area contributed by atoms with Crippen molar-refractivity contribution in [2.24, 2.45) is 0 Å². The van der Waals surface area contributed by atoms with Gasteiger partial charge in [-0.1, -0.05) is 23.7 Å². The number of aromatic nitrogens is 4. The summed E-state index contributed by atoms with van der Waals surface area (Å²) in [6.07, 6.45) is 6.42. The number of carbonyl (C=O) groups excluding carboxylic acids is 6. The number of halogens is 1. The van der Waals surface area contributed by atoms with Crippen molar-refractivity contribution in [3.8, 4) is 0 Å². The maximum absolute atomic E-state index is 12.2. The molecule has 488 valence electrons. The first-order valence-corrected chi connectivity index (χ1v) is 30.0. The Bertz CT molecular complexity index is 4040. The number of carbonyl (C=O) groups is 6. The van der Waals surface area contributed by atoms with Crippen molar-refractivity contribution in [3.63, 3.8) is 0 Å². The third-order valence-electron chi connectivity index (χ3n) is 14.3. The lowest BCUT2D eigenvalue weighted by Gasteiger charge is -2.16. The monoisotopic (exact) mass is 1290 g/mol. The van der Waals surface area contributed by atoms with Gasteiger partial charge in [0.2, 0.25) is 0 Å². The van der Waals surface area contributed by atoms with Crippen LogP contribution in [0, 0.1) is 41.5 Å². The van der Waals surface area contributed by atoms with Gasteiger partial charge < -0.3 is 63.0 Å². The van der Waals surface area contributed by atoms with E-state index in [0.29, 0.717) is 56.0 Å². The minimum Gasteiger partial charge on any atom is -0.399 e. The van der Waals surface area contributed by atoms with Crippen LogP contribution in [0.5, 0.6) is 0 Å². The molecule has 5 aromatic carbocycles. The molecule has 4 aromatic heterocycles. The summed E-state index contributed by atoms with van der Waals surface area (Å²) in [7, 11) is 15.1. The zero-order valence-corrected chi connectivity index (χ0v) is 56.3. The molecule has 0 bridgehead atoms. The van der Waals surface area contributed by atoms with Gasteiger partial charge in [-0.3, -0.25) is 28.8 Å². The van der Waals surface area contributed by atoms with Gasteiger partial charge in [0.1, 0.15) is 5.15 Å². The Balaban J connectivity index is 0.000000209. The van der Waals surface area contributed by atoms with Crippen molar-refractivity contribution in [1.29, 1.82) is 0 Å². The fourth-order valence-electron chi connectivity index (χ4n) is 8.92. The van der Waals surface area contributed by atoms with Gasteiger partial charge in [-0.15, -0.1) is 0 Å². The molecular formula is C71H81ClN16O6. The SMILES string of the molecule is CNC(=O)c1ncccc1Nc1cc(Cl)ncc1C.CNC(=O)c1ncccc1Nc1cc(Nc2ccc(C(=O)N(C)C)cc2C)ccc1C.CNC(=O)c1ncccc1Nc1cc(Nc2ccc(C(=O)N(C)C)cc2C)ccc1C.Cc1cc(C(=O)N(C)C)ccc1N. The van der Waals surface area contributed by atoms with Crippen LogP contribution in [0.3, 0.4) is 0 Å². The molecule has 6 amide bonds. The minimum absolute atomic E-state index is 0.00287. The maximum atomic E-state index is 12.2. The van der Waals surface area contributed by atoms with E-state index in [0.717, 1.165) is 78.9 Å². The zero-order valence-electron chi connectivity index (χ0n) is 55.5. The lowest BCUT2D eigenvalue weighted by molar-refractivity contribution is 0.0820. The van der Waals surface area contributed by atoms with Gasteiger partial charge in [-0.2, -0.15) is 0 Å². The Morgan fingerprint density at radius 1 is 0.362 bits per heavy atom. The largest absolute Gasteiger partial charge is 0.399 e. The Kier molecular flexibility index (Phi) is 25.6. The molecule has 22 nitrogen and oxygen atoms in total. The molecule has 0 saturated heterocycles. The number of nitrogens with zero attached hydrogens (tertiary/aromatic N) is 7. The molecule has 0 spiro atoms. The van der Waals surface area contributed by atoms with Crippen molar-refractivity contribution in [2.75, 3.05) is 95.7 Å². The lowest BCUT2D eigenvalue weighted by atomic mass is 10.1. The number of aryl methyl sites for hydroxylation is 6. The van der Waals surface area contributed by atoms with Crippen LogP contribution in [0.1, 0.15) is 95.9 Å². The molecule has 0 radical (unpaired) electrons. The summed E-state index contributed by atoms with van der Waals surface area (Å²) in [4.78, 5) is 92.9. The van der Waals surface area contributed by atoms with E-state index in [-0.39, 0.29) is 35.4 Å². The number of nitrogens with one attached hydrogen (secondary N) is 8. The average molecular weight is 1290 g/mol. The van der Waals surface area contributed by atoms with Gasteiger partial charge in [0.05, 0.1) is 17.1 Å². The lowest BCUT2D eigenvalue weighted by Crippen LogP contribution is -2.21. The van der Waals surface area contributed by atoms with Gasteiger partial charge in [0.15, 0.2) is 17.1 Å². The van der Waals surface area contributed by atoms with Crippen molar-refractivity contribution < 1.29 is 28.8 Å². The fourth-order valence-corrected chi connectivity index (χ4v) is 9.08. The molecule has 0 fully saturated rings. The summed E-state index contributed by atoms with van der Waals surface area (Å²) >= 11 is 5.87. The van der Waals surface area contributed by atoms with Crippen LogP contribution in [-0.2, 0) is 0 Å². The van der Waals surface area contributed by atoms with E-state index in [1.807, 2.05) is 126 Å². The predicted octanol–water partition coefficient (Wildman–Crippen LogP) is 12.3. The topological polar surface area (TPSA) is 286 Å². The van der Waals surface area contributed by atoms with Crippen LogP contribution in [0.2, 0.25) is 5.15 Å². The first-order chi connectivity index (χ1) is 44.7. The number of amides is 6. The van der Waals surface area contributed by atoms with Crippen LogP contribution in [0.4, 0.5) is 62.6 Å². The average Bonchev–Trinajstić information content (AvgIpc) is 0.861. The van der Waals surface area contributed by atoms with Crippen molar-refractivity contribution in [2.45, 2.75) is 41.5 Å². The highest BCUT2D eigenvalue weighted by atomic mass is 35.5. The number of anilines is 11. The van der Waals surface area contributed by atoms with Crippen molar-refractivity contribution >= 4 is 110 Å². The fraction of sp³-hybridized carbons (Fsp3) is 0.211. The smallest absolute Gasteiger partial charge is 0.271 e. The van der Waals surface area contributed by atoms with Crippen molar-refractivity contribution in [3.05, 3.63) is 231 Å². The molecule has 23 heteroatoms. The first kappa shape index (κ1) is 71.7. The van der Waals surface area contributed by atoms with Gasteiger partial charge in [0, 0.05) is 150 Å². The second-order valence-corrected chi connectivity index (χ2v) is 22.6. The molecule has 0 atom stereocenters. The number of pyridine rings is 4. The number of hydrogen-bond acceptors (Lipinski definition) is 16. The van der Waals surface area contributed by atoms with Crippen LogP contribution < -0.4 is 48.3 Å². The number of nitrogen functional groups attached to an aromatic ring is 1. The highest BCUT2D eigenvalue weighted by Crippen LogP contribution is 2.32. The van der Waals surface area contributed by atoms with Gasteiger partial charge in [0.25, 0.3) is 35.4 Å². The molecule has 0 aliphatic heterocycles. The van der Waals surface area contributed by atoms with Gasteiger partial charge in [-0.25, -0.2) is 19.9 Å². The standard InChI is InChI=1S/2C24H27N5O2.C13H13ClN4O.C10H14N2O/c2*1-15-8-10-18(27-19-11-9-17(13-16(19)2)24(31)29(4)5)14-21(15)28-20-7-6-12-26-22(20)23(30)25-3;1-8-7-17-11(14)6-10(8)18-9-4-3-5-16-12(9)13(19)15-2;1-7-6-8(4-5-9(7)11)10(13)12(2)3/h2*6-14,27-28H,1-5H3,(H,25,30);3-7H,1-2H3,(H,15,19)(H,17,18);4-6H,11H2,1-3H3. The van der Waals surface area contributed by atoms with Crippen LogP contribution in [-0.4, -0.2) is 134 Å². The van der Waals surface area contributed by atoms with Crippen LogP contribution >= 0.6 is 11.6 Å². The Hall–Kier alpha value is -11.4. The molecular weight excluding hydrogens is 1210 g/mol.